The molecule has 1 fully saturated rings. The molecule has 2 rings (SSSR count). The highest BCUT2D eigenvalue weighted by molar-refractivity contribution is 5.75. The standard InChI is InChI=1S/C16H24N2O2/c1-12-7-5-6-8-14(12)13(2)17-15(19)18-9-10-20-16(3,4)11-18/h5-8,13H,9-11H2,1-4H3,(H,17,19). The van der Waals surface area contributed by atoms with Gasteiger partial charge >= 0.3 is 6.03 Å². The van der Waals surface area contributed by atoms with E-state index in [-0.39, 0.29) is 17.7 Å². The van der Waals surface area contributed by atoms with E-state index in [4.69, 9.17) is 4.74 Å². The summed E-state index contributed by atoms with van der Waals surface area (Å²) in [7, 11) is 0. The fourth-order valence-corrected chi connectivity index (χ4v) is 2.62. The number of ether oxygens (including phenoxy) is 1. The molecule has 0 radical (unpaired) electrons. The van der Waals surface area contributed by atoms with Crippen molar-refractivity contribution in [2.45, 2.75) is 39.3 Å². The Balaban J connectivity index is 1.99. The van der Waals surface area contributed by atoms with Gasteiger partial charge in [-0.15, -0.1) is 0 Å². The van der Waals surface area contributed by atoms with Crippen LogP contribution in [0.4, 0.5) is 4.79 Å². The van der Waals surface area contributed by atoms with Gasteiger partial charge in [0.05, 0.1) is 24.8 Å². The lowest BCUT2D eigenvalue weighted by molar-refractivity contribution is -0.0735. The van der Waals surface area contributed by atoms with Crippen LogP contribution in [0, 0.1) is 6.92 Å². The van der Waals surface area contributed by atoms with Gasteiger partial charge in [-0.1, -0.05) is 24.3 Å². The number of nitrogens with zero attached hydrogens (tertiary/aromatic N) is 1. The SMILES string of the molecule is Cc1ccccc1C(C)NC(=O)N1CCOC(C)(C)C1. The summed E-state index contributed by atoms with van der Waals surface area (Å²) >= 11 is 0. The number of carbonyl (C=O) groups excluding carboxylic acids is 1. The van der Waals surface area contributed by atoms with Gasteiger partial charge in [-0.3, -0.25) is 0 Å². The quantitative estimate of drug-likeness (QED) is 0.902. The zero-order chi connectivity index (χ0) is 14.8. The minimum Gasteiger partial charge on any atom is -0.372 e. The first-order valence-corrected chi connectivity index (χ1v) is 7.14. The minimum atomic E-state index is -0.262. The second-order valence-corrected chi connectivity index (χ2v) is 6.06. The molecule has 0 saturated carbocycles. The van der Waals surface area contributed by atoms with Gasteiger partial charge in [0.2, 0.25) is 0 Å². The molecule has 0 spiro atoms. The van der Waals surface area contributed by atoms with Crippen molar-refractivity contribution in [2.75, 3.05) is 19.7 Å². The number of hydrogen-bond acceptors (Lipinski definition) is 2. The third-order valence-corrected chi connectivity index (χ3v) is 3.71. The number of benzene rings is 1. The normalized spacial score (nSPS) is 19.5. The van der Waals surface area contributed by atoms with E-state index >= 15 is 0 Å². The Bertz CT molecular complexity index is 485. The lowest BCUT2D eigenvalue weighted by Crippen LogP contribution is -2.53. The van der Waals surface area contributed by atoms with Gasteiger partial charge in [0.15, 0.2) is 0 Å². The largest absolute Gasteiger partial charge is 0.372 e. The van der Waals surface area contributed by atoms with Crippen LogP contribution in [0.3, 0.4) is 0 Å². The van der Waals surface area contributed by atoms with Crippen LogP contribution in [-0.4, -0.2) is 36.2 Å². The van der Waals surface area contributed by atoms with Crippen LogP contribution in [0.2, 0.25) is 0 Å². The Labute approximate surface area is 121 Å². The second kappa shape index (κ2) is 5.83. The van der Waals surface area contributed by atoms with E-state index in [2.05, 4.69) is 24.4 Å². The van der Waals surface area contributed by atoms with Crippen molar-refractivity contribution in [1.29, 1.82) is 0 Å². The van der Waals surface area contributed by atoms with Crippen molar-refractivity contribution >= 4 is 6.03 Å². The molecule has 1 N–H and O–H groups in total. The summed E-state index contributed by atoms with van der Waals surface area (Å²) in [6, 6.07) is 8.13. The van der Waals surface area contributed by atoms with Crippen LogP contribution in [0.15, 0.2) is 24.3 Å². The predicted molar refractivity (Wildman–Crippen MR) is 79.7 cm³/mol. The number of hydrogen-bond donors (Lipinski definition) is 1. The average Bonchev–Trinajstić information content (AvgIpc) is 2.37. The number of urea groups is 1. The van der Waals surface area contributed by atoms with Crippen molar-refractivity contribution in [3.8, 4) is 0 Å². The zero-order valence-corrected chi connectivity index (χ0v) is 12.8. The molecule has 1 aliphatic rings. The maximum Gasteiger partial charge on any atom is 0.318 e. The first-order chi connectivity index (χ1) is 9.39. The average molecular weight is 276 g/mol. The van der Waals surface area contributed by atoms with Crippen LogP contribution in [-0.2, 0) is 4.74 Å². The number of rotatable bonds is 2. The third-order valence-electron chi connectivity index (χ3n) is 3.71. The molecule has 4 nitrogen and oxygen atoms in total. The lowest BCUT2D eigenvalue weighted by Gasteiger charge is -2.38. The van der Waals surface area contributed by atoms with Crippen molar-refractivity contribution in [3.05, 3.63) is 35.4 Å². The van der Waals surface area contributed by atoms with Crippen LogP contribution in [0.1, 0.15) is 37.9 Å². The van der Waals surface area contributed by atoms with Crippen molar-refractivity contribution in [1.82, 2.24) is 10.2 Å². The van der Waals surface area contributed by atoms with Gasteiger partial charge in [-0.25, -0.2) is 4.79 Å². The lowest BCUT2D eigenvalue weighted by atomic mass is 10.0. The summed E-state index contributed by atoms with van der Waals surface area (Å²) in [6.45, 7) is 9.98. The Morgan fingerprint density at radius 2 is 2.10 bits per heavy atom. The van der Waals surface area contributed by atoms with E-state index in [1.807, 2.05) is 37.8 Å². The summed E-state index contributed by atoms with van der Waals surface area (Å²) in [4.78, 5) is 14.2. The van der Waals surface area contributed by atoms with Crippen LogP contribution < -0.4 is 5.32 Å². The monoisotopic (exact) mass is 276 g/mol. The molecule has 4 heteroatoms. The van der Waals surface area contributed by atoms with E-state index in [9.17, 15) is 4.79 Å². The van der Waals surface area contributed by atoms with Gasteiger partial charge in [0.25, 0.3) is 0 Å². The molecule has 2 amide bonds. The van der Waals surface area contributed by atoms with Gasteiger partial charge in [-0.2, -0.15) is 0 Å². The molecule has 110 valence electrons. The number of morpholine rings is 1. The number of nitrogens with one attached hydrogen (secondary N) is 1. The molecule has 1 heterocycles. The van der Waals surface area contributed by atoms with E-state index in [1.165, 1.54) is 5.56 Å². The Morgan fingerprint density at radius 3 is 2.75 bits per heavy atom. The molecular weight excluding hydrogens is 252 g/mol. The smallest absolute Gasteiger partial charge is 0.318 e. The molecule has 0 aliphatic carbocycles. The van der Waals surface area contributed by atoms with E-state index in [0.29, 0.717) is 19.7 Å². The fraction of sp³-hybridized carbons (Fsp3) is 0.562. The van der Waals surface area contributed by atoms with Crippen molar-refractivity contribution < 1.29 is 9.53 Å². The second-order valence-electron chi connectivity index (χ2n) is 6.06. The Kier molecular flexibility index (Phi) is 4.33. The molecule has 1 atom stereocenters. The Hall–Kier alpha value is -1.55. The molecule has 0 aromatic heterocycles. The van der Waals surface area contributed by atoms with Crippen LogP contribution in [0.5, 0.6) is 0 Å². The fourth-order valence-electron chi connectivity index (χ4n) is 2.62. The van der Waals surface area contributed by atoms with Crippen LogP contribution >= 0.6 is 0 Å². The van der Waals surface area contributed by atoms with E-state index in [0.717, 1.165) is 5.56 Å². The first-order valence-electron chi connectivity index (χ1n) is 7.14. The molecular formula is C16H24N2O2. The van der Waals surface area contributed by atoms with Gasteiger partial charge < -0.3 is 15.0 Å². The molecule has 0 bridgehead atoms. The maximum atomic E-state index is 12.3. The summed E-state index contributed by atoms with van der Waals surface area (Å²) < 4.78 is 5.63. The van der Waals surface area contributed by atoms with Crippen molar-refractivity contribution in [3.63, 3.8) is 0 Å². The van der Waals surface area contributed by atoms with Crippen LogP contribution in [0.25, 0.3) is 0 Å². The van der Waals surface area contributed by atoms with Gasteiger partial charge in [-0.05, 0) is 38.8 Å². The molecule has 1 unspecified atom stereocenters. The molecule has 20 heavy (non-hydrogen) atoms. The highest BCUT2D eigenvalue weighted by Crippen LogP contribution is 2.19. The van der Waals surface area contributed by atoms with E-state index < -0.39 is 0 Å². The number of carbonyl (C=O) groups is 1. The zero-order valence-electron chi connectivity index (χ0n) is 12.8. The molecule has 1 aliphatic heterocycles. The highest BCUT2D eigenvalue weighted by Gasteiger charge is 2.30. The summed E-state index contributed by atoms with van der Waals surface area (Å²) in [5.74, 6) is 0. The summed E-state index contributed by atoms with van der Waals surface area (Å²) in [6.07, 6.45) is 0. The highest BCUT2D eigenvalue weighted by atomic mass is 16.5. The van der Waals surface area contributed by atoms with Gasteiger partial charge in [0.1, 0.15) is 0 Å². The summed E-state index contributed by atoms with van der Waals surface area (Å²) in [5.41, 5.74) is 2.09. The third kappa shape index (κ3) is 3.51. The topological polar surface area (TPSA) is 41.6 Å². The predicted octanol–water partition coefficient (Wildman–Crippen LogP) is 2.88. The van der Waals surface area contributed by atoms with Gasteiger partial charge in [0, 0.05) is 6.54 Å². The molecule has 1 saturated heterocycles. The molecule has 1 aromatic rings. The van der Waals surface area contributed by atoms with Crippen molar-refractivity contribution in [2.24, 2.45) is 0 Å². The minimum absolute atomic E-state index is 0.00894. The van der Waals surface area contributed by atoms with E-state index in [1.54, 1.807) is 0 Å². The summed E-state index contributed by atoms with van der Waals surface area (Å²) in [5, 5.41) is 3.08. The Morgan fingerprint density at radius 1 is 1.40 bits per heavy atom. The molecule has 1 aromatic carbocycles. The number of amides is 2. The number of aryl methyl sites for hydroxylation is 1. The maximum absolute atomic E-state index is 12.3. The first kappa shape index (κ1) is 14.9.